The van der Waals surface area contributed by atoms with Crippen molar-refractivity contribution in [2.24, 2.45) is 0 Å². The summed E-state index contributed by atoms with van der Waals surface area (Å²) in [5.41, 5.74) is 1.00. The number of carbonyl (C=O) groups is 1. The van der Waals surface area contributed by atoms with Crippen molar-refractivity contribution in [1.29, 1.82) is 0 Å². The molecule has 0 spiro atoms. The van der Waals surface area contributed by atoms with Crippen LogP contribution in [0.5, 0.6) is 11.5 Å². The molecule has 7 heteroatoms. The number of amides is 1. The molecule has 0 bridgehead atoms. The van der Waals surface area contributed by atoms with Crippen molar-refractivity contribution >= 4 is 49.1 Å². The molecule has 0 atom stereocenters. The van der Waals surface area contributed by atoms with Crippen molar-refractivity contribution in [2.45, 2.75) is 6.54 Å². The molecular formula is C14H11Br2NO3S. The van der Waals surface area contributed by atoms with E-state index in [4.69, 9.17) is 9.47 Å². The molecule has 110 valence electrons. The van der Waals surface area contributed by atoms with Gasteiger partial charge in [-0.1, -0.05) is 6.07 Å². The maximum atomic E-state index is 12.4. The first-order valence-corrected chi connectivity index (χ1v) is 8.53. The van der Waals surface area contributed by atoms with Crippen LogP contribution in [0.2, 0.25) is 0 Å². The van der Waals surface area contributed by atoms with Crippen LogP contribution >= 0.6 is 43.2 Å². The lowest BCUT2D eigenvalue weighted by atomic mass is 10.2. The first kappa shape index (κ1) is 14.9. The molecule has 0 fully saturated rings. The Balaban J connectivity index is 1.73. The van der Waals surface area contributed by atoms with Crippen molar-refractivity contribution in [2.75, 3.05) is 13.8 Å². The Kier molecular flexibility index (Phi) is 4.24. The average Bonchev–Trinajstić information content (AvgIpc) is 3.04. The third-order valence-electron chi connectivity index (χ3n) is 3.06. The number of rotatable bonds is 3. The SMILES string of the molecule is CN(Cc1ccc2c(c1)OCO2)C(=O)c1cc(Br)c(Br)s1. The summed E-state index contributed by atoms with van der Waals surface area (Å²) in [5.74, 6) is 1.47. The molecule has 0 saturated heterocycles. The summed E-state index contributed by atoms with van der Waals surface area (Å²) >= 11 is 8.22. The minimum Gasteiger partial charge on any atom is -0.454 e. The molecule has 2 aromatic rings. The maximum absolute atomic E-state index is 12.4. The van der Waals surface area contributed by atoms with Gasteiger partial charge in [0.1, 0.15) is 0 Å². The Morgan fingerprint density at radius 3 is 2.76 bits per heavy atom. The lowest BCUT2D eigenvalue weighted by molar-refractivity contribution is 0.0789. The standard InChI is InChI=1S/C14H11Br2NO3S/c1-17(14(18)12-5-9(15)13(16)21-12)6-8-2-3-10-11(4-8)20-7-19-10/h2-5H,6-7H2,1H3. The summed E-state index contributed by atoms with van der Waals surface area (Å²) in [7, 11) is 1.79. The molecule has 0 aliphatic carbocycles. The fourth-order valence-corrected chi connectivity index (χ4v) is 4.06. The molecule has 4 nitrogen and oxygen atoms in total. The van der Waals surface area contributed by atoms with E-state index < -0.39 is 0 Å². The molecule has 1 aromatic heterocycles. The van der Waals surface area contributed by atoms with Crippen LogP contribution in [0, 0.1) is 0 Å². The smallest absolute Gasteiger partial charge is 0.264 e. The van der Waals surface area contributed by atoms with Gasteiger partial charge in [0.2, 0.25) is 6.79 Å². The highest BCUT2D eigenvalue weighted by atomic mass is 79.9. The quantitative estimate of drug-likeness (QED) is 0.726. The molecule has 1 aliphatic heterocycles. The number of benzene rings is 1. The van der Waals surface area contributed by atoms with Gasteiger partial charge in [0.15, 0.2) is 11.5 Å². The third-order valence-corrected chi connectivity index (χ3v) is 6.30. The molecule has 3 rings (SSSR count). The van der Waals surface area contributed by atoms with Crippen molar-refractivity contribution in [3.63, 3.8) is 0 Å². The van der Waals surface area contributed by atoms with E-state index in [-0.39, 0.29) is 12.7 Å². The lowest BCUT2D eigenvalue weighted by Gasteiger charge is -2.16. The summed E-state index contributed by atoms with van der Waals surface area (Å²) in [4.78, 5) is 14.8. The second kappa shape index (κ2) is 5.98. The van der Waals surface area contributed by atoms with Gasteiger partial charge in [0.25, 0.3) is 5.91 Å². The van der Waals surface area contributed by atoms with Crippen LogP contribution in [0.25, 0.3) is 0 Å². The topological polar surface area (TPSA) is 38.8 Å². The van der Waals surface area contributed by atoms with Gasteiger partial charge in [-0.15, -0.1) is 11.3 Å². The minimum atomic E-state index is -0.0101. The second-order valence-corrected chi connectivity index (χ2v) is 7.81. The van der Waals surface area contributed by atoms with Gasteiger partial charge in [-0.25, -0.2) is 0 Å². The number of fused-ring (bicyclic) bond motifs is 1. The van der Waals surface area contributed by atoms with Crippen LogP contribution in [-0.4, -0.2) is 24.6 Å². The zero-order chi connectivity index (χ0) is 15.0. The monoisotopic (exact) mass is 431 g/mol. The predicted octanol–water partition coefficient (Wildman–Crippen LogP) is 4.27. The van der Waals surface area contributed by atoms with Gasteiger partial charge in [0.05, 0.1) is 8.66 Å². The molecule has 1 amide bonds. The minimum absolute atomic E-state index is 0.0101. The fraction of sp³-hybridized carbons (Fsp3) is 0.214. The highest BCUT2D eigenvalue weighted by Gasteiger charge is 2.18. The van der Waals surface area contributed by atoms with Gasteiger partial charge >= 0.3 is 0 Å². The third kappa shape index (κ3) is 3.09. The predicted molar refractivity (Wildman–Crippen MR) is 88.1 cm³/mol. The normalized spacial score (nSPS) is 12.5. The van der Waals surface area contributed by atoms with Gasteiger partial charge in [-0.05, 0) is 55.6 Å². The second-order valence-electron chi connectivity index (χ2n) is 4.58. The van der Waals surface area contributed by atoms with E-state index in [0.717, 1.165) is 25.3 Å². The van der Waals surface area contributed by atoms with E-state index in [1.807, 2.05) is 24.3 Å². The molecule has 1 aliphatic rings. The van der Waals surface area contributed by atoms with Crippen LogP contribution in [-0.2, 0) is 6.54 Å². The van der Waals surface area contributed by atoms with E-state index in [0.29, 0.717) is 11.4 Å². The molecular weight excluding hydrogens is 422 g/mol. The van der Waals surface area contributed by atoms with Crippen LogP contribution < -0.4 is 9.47 Å². The molecule has 0 N–H and O–H groups in total. The van der Waals surface area contributed by atoms with E-state index in [9.17, 15) is 4.79 Å². The largest absolute Gasteiger partial charge is 0.454 e. The van der Waals surface area contributed by atoms with Crippen molar-refractivity contribution in [3.05, 3.63) is 43.0 Å². The summed E-state index contributed by atoms with van der Waals surface area (Å²) in [5, 5.41) is 0. The zero-order valence-electron chi connectivity index (χ0n) is 11.1. The van der Waals surface area contributed by atoms with Crippen LogP contribution in [0.3, 0.4) is 0 Å². The first-order chi connectivity index (χ1) is 10.0. The number of halogens is 2. The van der Waals surface area contributed by atoms with Crippen molar-refractivity contribution in [1.82, 2.24) is 4.90 Å². The maximum Gasteiger partial charge on any atom is 0.264 e. The Labute approximate surface area is 142 Å². The number of hydrogen-bond donors (Lipinski definition) is 0. The van der Waals surface area contributed by atoms with Crippen LogP contribution in [0.15, 0.2) is 32.5 Å². The Morgan fingerprint density at radius 2 is 2.05 bits per heavy atom. The fourth-order valence-electron chi connectivity index (χ4n) is 2.03. The van der Waals surface area contributed by atoms with E-state index >= 15 is 0 Å². The molecule has 0 unspecified atom stereocenters. The van der Waals surface area contributed by atoms with Gasteiger partial charge < -0.3 is 14.4 Å². The van der Waals surface area contributed by atoms with Crippen LogP contribution in [0.1, 0.15) is 15.2 Å². The first-order valence-electron chi connectivity index (χ1n) is 6.13. The Hall–Kier alpha value is -1.05. The summed E-state index contributed by atoms with van der Waals surface area (Å²) < 4.78 is 12.4. The van der Waals surface area contributed by atoms with Gasteiger partial charge in [-0.3, -0.25) is 4.79 Å². The van der Waals surface area contributed by atoms with Gasteiger partial charge in [-0.2, -0.15) is 0 Å². The number of hydrogen-bond acceptors (Lipinski definition) is 4. The van der Waals surface area contributed by atoms with Crippen molar-refractivity contribution < 1.29 is 14.3 Å². The van der Waals surface area contributed by atoms with Crippen molar-refractivity contribution in [3.8, 4) is 11.5 Å². The molecule has 1 aromatic carbocycles. The molecule has 2 heterocycles. The number of thiophene rings is 1. The summed E-state index contributed by atoms with van der Waals surface area (Å²) in [6.45, 7) is 0.771. The highest BCUT2D eigenvalue weighted by Crippen LogP contribution is 2.34. The van der Waals surface area contributed by atoms with E-state index in [1.54, 1.807) is 11.9 Å². The Bertz CT molecular complexity index is 682. The average molecular weight is 433 g/mol. The summed E-state index contributed by atoms with van der Waals surface area (Å²) in [6.07, 6.45) is 0. The summed E-state index contributed by atoms with van der Waals surface area (Å²) in [6, 6.07) is 7.55. The van der Waals surface area contributed by atoms with Gasteiger partial charge in [0, 0.05) is 18.1 Å². The highest BCUT2D eigenvalue weighted by molar-refractivity contribution is 9.13. The molecule has 21 heavy (non-hydrogen) atoms. The van der Waals surface area contributed by atoms with Crippen LogP contribution in [0.4, 0.5) is 0 Å². The number of ether oxygens (including phenoxy) is 2. The Morgan fingerprint density at radius 1 is 1.29 bits per heavy atom. The zero-order valence-corrected chi connectivity index (χ0v) is 15.0. The van der Waals surface area contributed by atoms with E-state index in [1.165, 1.54) is 11.3 Å². The van der Waals surface area contributed by atoms with E-state index in [2.05, 4.69) is 31.9 Å². The lowest BCUT2D eigenvalue weighted by Crippen LogP contribution is -2.25. The number of carbonyl (C=O) groups excluding carboxylic acids is 1. The molecule has 0 saturated carbocycles. The number of nitrogens with zero attached hydrogens (tertiary/aromatic N) is 1. The molecule has 0 radical (unpaired) electrons.